The van der Waals surface area contributed by atoms with Crippen LogP contribution in [0.1, 0.15) is 15.9 Å². The Morgan fingerprint density at radius 1 is 0.848 bits per heavy atom. The number of carbonyl (C=O) groups is 1. The summed E-state index contributed by atoms with van der Waals surface area (Å²) in [7, 11) is 2.27. The van der Waals surface area contributed by atoms with Crippen LogP contribution in [0.15, 0.2) is 71.6 Å². The Morgan fingerprint density at radius 2 is 1.55 bits per heavy atom. The molecule has 3 rings (SSSR count). The lowest BCUT2D eigenvalue weighted by molar-refractivity contribution is 0.0784. The number of hydrogen-bond acceptors (Lipinski definition) is 6. The molecule has 0 aliphatic rings. The molecule has 0 unspecified atom stereocenters. The van der Waals surface area contributed by atoms with E-state index in [2.05, 4.69) is 4.72 Å². The fourth-order valence-electron chi connectivity index (χ4n) is 3.27. The molecule has 1 amide bonds. The number of carbonyl (C=O) groups excluding carboxylic acids is 1. The number of ether oxygens (including phenoxy) is 3. The molecule has 0 fully saturated rings. The van der Waals surface area contributed by atoms with Gasteiger partial charge in [-0.1, -0.05) is 24.3 Å². The van der Waals surface area contributed by atoms with E-state index in [1.165, 1.54) is 30.2 Å². The molecule has 0 spiro atoms. The summed E-state index contributed by atoms with van der Waals surface area (Å²) in [5.74, 6) is 1.23. The average molecular weight is 471 g/mol. The monoisotopic (exact) mass is 470 g/mol. The predicted molar refractivity (Wildman–Crippen MR) is 126 cm³/mol. The van der Waals surface area contributed by atoms with Gasteiger partial charge in [-0.15, -0.1) is 0 Å². The molecule has 33 heavy (non-hydrogen) atoms. The summed E-state index contributed by atoms with van der Waals surface area (Å²) in [6, 6.07) is 18.0. The van der Waals surface area contributed by atoms with Crippen LogP contribution in [0, 0.1) is 0 Å². The van der Waals surface area contributed by atoms with Crippen molar-refractivity contribution >= 4 is 21.6 Å². The Bertz CT molecular complexity index is 1240. The highest BCUT2D eigenvalue weighted by Crippen LogP contribution is 2.29. The topological polar surface area (TPSA) is 94.2 Å². The van der Waals surface area contributed by atoms with E-state index in [0.29, 0.717) is 29.5 Å². The van der Waals surface area contributed by atoms with Gasteiger partial charge in [-0.25, -0.2) is 8.42 Å². The van der Waals surface area contributed by atoms with Crippen molar-refractivity contribution in [2.75, 3.05) is 33.1 Å². The predicted octanol–water partition coefficient (Wildman–Crippen LogP) is 3.79. The number of nitrogens with zero attached hydrogens (tertiary/aromatic N) is 1. The number of hydrogen-bond donors (Lipinski definition) is 1. The Kier molecular flexibility index (Phi) is 7.44. The molecule has 0 aliphatic carbocycles. The third-order valence-electron chi connectivity index (χ3n) is 4.96. The second-order valence-corrected chi connectivity index (χ2v) is 8.87. The van der Waals surface area contributed by atoms with Crippen molar-refractivity contribution in [2.45, 2.75) is 11.4 Å². The zero-order valence-electron chi connectivity index (χ0n) is 18.9. The third kappa shape index (κ3) is 5.56. The lowest BCUT2D eigenvalue weighted by atomic mass is 10.1. The maximum absolute atomic E-state index is 13.0. The number of benzene rings is 3. The SMILES string of the molecule is COc1ccccc1NS(=O)(=O)c1cccc(C(=O)N(C)Cc2ccc(OC)c(OC)c2)c1. The number of nitrogens with one attached hydrogen (secondary N) is 1. The van der Waals surface area contributed by atoms with Crippen molar-refractivity contribution in [3.8, 4) is 17.2 Å². The van der Waals surface area contributed by atoms with Gasteiger partial charge < -0.3 is 19.1 Å². The van der Waals surface area contributed by atoms with Crippen molar-refractivity contribution in [3.63, 3.8) is 0 Å². The van der Waals surface area contributed by atoms with Crippen molar-refractivity contribution in [1.82, 2.24) is 4.90 Å². The van der Waals surface area contributed by atoms with Gasteiger partial charge in [0.25, 0.3) is 15.9 Å². The van der Waals surface area contributed by atoms with Gasteiger partial charge in [0.1, 0.15) is 5.75 Å². The van der Waals surface area contributed by atoms with Crippen LogP contribution < -0.4 is 18.9 Å². The summed E-state index contributed by atoms with van der Waals surface area (Å²) in [4.78, 5) is 14.5. The summed E-state index contributed by atoms with van der Waals surface area (Å²) in [6.45, 7) is 0.301. The molecule has 0 heterocycles. The zero-order valence-corrected chi connectivity index (χ0v) is 19.7. The molecule has 0 aromatic heterocycles. The molecule has 1 N–H and O–H groups in total. The maximum Gasteiger partial charge on any atom is 0.262 e. The van der Waals surface area contributed by atoms with Gasteiger partial charge in [0.15, 0.2) is 11.5 Å². The molecular weight excluding hydrogens is 444 g/mol. The van der Waals surface area contributed by atoms with Crippen molar-refractivity contribution in [2.24, 2.45) is 0 Å². The summed E-state index contributed by atoms with van der Waals surface area (Å²) in [6.07, 6.45) is 0. The quantitative estimate of drug-likeness (QED) is 0.511. The summed E-state index contributed by atoms with van der Waals surface area (Å²) in [5, 5.41) is 0. The minimum atomic E-state index is -3.93. The van der Waals surface area contributed by atoms with Crippen LogP contribution in [0.5, 0.6) is 17.2 Å². The van der Waals surface area contributed by atoms with Crippen LogP contribution in [0.3, 0.4) is 0 Å². The smallest absolute Gasteiger partial charge is 0.262 e. The maximum atomic E-state index is 13.0. The van der Waals surface area contributed by atoms with Gasteiger partial charge in [0.05, 0.1) is 31.9 Å². The molecule has 0 radical (unpaired) electrons. The molecule has 0 saturated heterocycles. The van der Waals surface area contributed by atoms with Crippen LogP contribution >= 0.6 is 0 Å². The molecular formula is C24H26N2O6S. The van der Waals surface area contributed by atoms with Crippen molar-refractivity contribution in [1.29, 1.82) is 0 Å². The van der Waals surface area contributed by atoms with E-state index < -0.39 is 10.0 Å². The van der Waals surface area contributed by atoms with Gasteiger partial charge in [-0.3, -0.25) is 9.52 Å². The molecule has 8 nitrogen and oxygen atoms in total. The Balaban J connectivity index is 1.80. The third-order valence-corrected chi connectivity index (χ3v) is 6.32. The molecule has 0 bridgehead atoms. The highest BCUT2D eigenvalue weighted by molar-refractivity contribution is 7.92. The molecule has 0 aliphatic heterocycles. The van der Waals surface area contributed by atoms with E-state index in [4.69, 9.17) is 14.2 Å². The molecule has 3 aromatic rings. The van der Waals surface area contributed by atoms with E-state index in [1.54, 1.807) is 63.7 Å². The second kappa shape index (κ2) is 10.3. The van der Waals surface area contributed by atoms with E-state index >= 15 is 0 Å². The van der Waals surface area contributed by atoms with Gasteiger partial charge in [0.2, 0.25) is 0 Å². The minimum Gasteiger partial charge on any atom is -0.495 e. The number of rotatable bonds is 9. The van der Waals surface area contributed by atoms with Crippen LogP contribution in [0.2, 0.25) is 0 Å². The molecule has 9 heteroatoms. The van der Waals surface area contributed by atoms with Crippen LogP contribution in [0.25, 0.3) is 0 Å². The number of sulfonamides is 1. The first kappa shape index (κ1) is 23.9. The Labute approximate surface area is 193 Å². The molecule has 3 aromatic carbocycles. The number of anilines is 1. The standard InChI is InChI=1S/C24H26N2O6S/c1-26(16-17-12-13-22(31-3)23(14-17)32-4)24(27)18-8-7-9-19(15-18)33(28,29)25-20-10-5-6-11-21(20)30-2/h5-15,25H,16H2,1-4H3. The first-order valence-electron chi connectivity index (χ1n) is 10.0. The van der Waals surface area contributed by atoms with E-state index in [9.17, 15) is 13.2 Å². The van der Waals surface area contributed by atoms with Gasteiger partial charge in [-0.2, -0.15) is 0 Å². The Morgan fingerprint density at radius 3 is 2.24 bits per heavy atom. The second-order valence-electron chi connectivity index (χ2n) is 7.18. The van der Waals surface area contributed by atoms with Gasteiger partial charge in [-0.05, 0) is 48.0 Å². The average Bonchev–Trinajstić information content (AvgIpc) is 2.83. The largest absolute Gasteiger partial charge is 0.495 e. The lowest BCUT2D eigenvalue weighted by Crippen LogP contribution is -2.26. The first-order chi connectivity index (χ1) is 15.8. The minimum absolute atomic E-state index is 0.0289. The van der Waals surface area contributed by atoms with Crippen molar-refractivity contribution in [3.05, 3.63) is 77.9 Å². The molecule has 0 saturated carbocycles. The number of para-hydroxylation sites is 2. The highest BCUT2D eigenvalue weighted by atomic mass is 32.2. The van der Waals surface area contributed by atoms with Gasteiger partial charge in [0, 0.05) is 19.2 Å². The number of amides is 1. The lowest BCUT2D eigenvalue weighted by Gasteiger charge is -2.19. The molecule has 174 valence electrons. The fourth-order valence-corrected chi connectivity index (χ4v) is 4.39. The molecule has 0 atom stereocenters. The van der Waals surface area contributed by atoms with Crippen LogP contribution in [-0.2, 0) is 16.6 Å². The normalized spacial score (nSPS) is 10.9. The van der Waals surface area contributed by atoms with Crippen molar-refractivity contribution < 1.29 is 27.4 Å². The first-order valence-corrected chi connectivity index (χ1v) is 11.5. The highest BCUT2D eigenvalue weighted by Gasteiger charge is 2.20. The Hall–Kier alpha value is -3.72. The van der Waals surface area contributed by atoms with E-state index in [0.717, 1.165) is 5.56 Å². The van der Waals surface area contributed by atoms with E-state index in [1.807, 2.05) is 6.07 Å². The van der Waals surface area contributed by atoms with E-state index in [-0.39, 0.29) is 16.4 Å². The fraction of sp³-hybridized carbons (Fsp3) is 0.208. The number of methoxy groups -OCH3 is 3. The summed E-state index contributed by atoms with van der Waals surface area (Å²) >= 11 is 0. The summed E-state index contributed by atoms with van der Waals surface area (Å²) < 4.78 is 44.1. The van der Waals surface area contributed by atoms with Gasteiger partial charge >= 0.3 is 0 Å². The van der Waals surface area contributed by atoms with Crippen LogP contribution in [0.4, 0.5) is 5.69 Å². The van der Waals surface area contributed by atoms with Crippen LogP contribution in [-0.4, -0.2) is 47.6 Å². The summed E-state index contributed by atoms with van der Waals surface area (Å²) in [5.41, 5.74) is 1.40. The zero-order chi connectivity index (χ0) is 24.0.